The number of carbonyl (C=O) groups is 1. The quantitative estimate of drug-likeness (QED) is 0.114. The van der Waals surface area contributed by atoms with Gasteiger partial charge in [0.25, 0.3) is 11.5 Å². The number of benzene rings is 4. The monoisotopic (exact) mass is 545 g/mol. The number of hydrogen-bond acceptors (Lipinski definition) is 5. The zero-order chi connectivity index (χ0) is 27.6. The fourth-order valence-corrected chi connectivity index (χ4v) is 5.87. The number of thioether (sulfide) groups is 1. The van der Waals surface area contributed by atoms with Gasteiger partial charge in [-0.05, 0) is 61.4 Å². The van der Waals surface area contributed by atoms with Crippen molar-refractivity contribution >= 4 is 56.6 Å². The van der Waals surface area contributed by atoms with E-state index >= 15 is 0 Å². The summed E-state index contributed by atoms with van der Waals surface area (Å²) in [7, 11) is 0. The van der Waals surface area contributed by atoms with Crippen molar-refractivity contribution < 1.29 is 4.79 Å². The highest BCUT2D eigenvalue weighted by molar-refractivity contribution is 7.99. The first-order valence-corrected chi connectivity index (χ1v) is 14.1. The Kier molecular flexibility index (Phi) is 6.92. The molecule has 0 spiro atoms. The lowest BCUT2D eigenvalue weighted by atomic mass is 10.1. The van der Waals surface area contributed by atoms with Gasteiger partial charge in [0.15, 0.2) is 5.16 Å². The first kappa shape index (κ1) is 25.6. The number of hydrogen-bond donors (Lipinski definition) is 1. The van der Waals surface area contributed by atoms with E-state index in [4.69, 9.17) is 4.98 Å². The van der Waals surface area contributed by atoms with E-state index in [1.165, 1.54) is 28.2 Å². The van der Waals surface area contributed by atoms with Crippen LogP contribution in [0.2, 0.25) is 0 Å². The number of aromatic nitrogens is 3. The zero-order valence-corrected chi connectivity index (χ0v) is 23.0. The van der Waals surface area contributed by atoms with Crippen molar-refractivity contribution in [1.82, 2.24) is 19.5 Å². The molecule has 0 unspecified atom stereocenters. The summed E-state index contributed by atoms with van der Waals surface area (Å²) in [6, 6.07) is 29.4. The normalized spacial score (nSPS) is 11.7. The van der Waals surface area contributed by atoms with Gasteiger partial charge in [-0.3, -0.25) is 14.2 Å². The molecule has 1 N–H and O–H groups in total. The molecule has 2 heterocycles. The van der Waals surface area contributed by atoms with Gasteiger partial charge in [0.05, 0.1) is 28.6 Å². The van der Waals surface area contributed by atoms with E-state index < -0.39 is 0 Å². The van der Waals surface area contributed by atoms with Crippen LogP contribution < -0.4 is 11.0 Å². The highest BCUT2D eigenvalue weighted by atomic mass is 32.2. The second-order valence-corrected chi connectivity index (χ2v) is 10.4. The number of fused-ring (bicyclic) bond motifs is 4. The standard InChI is InChI=1S/C32H27N5O2S/c1-3-36-28-15-9-6-11-23(28)25-18-22(16-17-29(25)36)19-33-35-30(38)20-40-32-34-26-13-7-5-12-24(26)31(39)37(32)27-14-8-4-10-21(27)2/h4-19H,3,20H2,1-2H3,(H,35,38). The molecule has 40 heavy (non-hydrogen) atoms. The Morgan fingerprint density at radius 3 is 2.48 bits per heavy atom. The Morgan fingerprint density at radius 1 is 0.925 bits per heavy atom. The summed E-state index contributed by atoms with van der Waals surface area (Å²) < 4.78 is 3.88. The van der Waals surface area contributed by atoms with E-state index in [-0.39, 0.29) is 17.2 Å². The van der Waals surface area contributed by atoms with Gasteiger partial charge < -0.3 is 4.57 Å². The molecular formula is C32H27N5O2S. The smallest absolute Gasteiger partial charge is 0.266 e. The molecule has 0 aliphatic heterocycles. The van der Waals surface area contributed by atoms with Gasteiger partial charge in [0, 0.05) is 28.4 Å². The lowest BCUT2D eigenvalue weighted by molar-refractivity contribution is -0.118. The van der Waals surface area contributed by atoms with Crippen molar-refractivity contribution in [3.05, 3.63) is 112 Å². The van der Waals surface area contributed by atoms with Crippen molar-refractivity contribution in [3.63, 3.8) is 0 Å². The summed E-state index contributed by atoms with van der Waals surface area (Å²) in [5.74, 6) is -0.236. The molecule has 0 aliphatic carbocycles. The number of amides is 1. The second kappa shape index (κ2) is 10.8. The lowest BCUT2D eigenvalue weighted by Gasteiger charge is -2.14. The molecule has 0 radical (unpaired) electrons. The Hall–Kier alpha value is -4.69. The summed E-state index contributed by atoms with van der Waals surface area (Å²) >= 11 is 1.21. The topological polar surface area (TPSA) is 81.3 Å². The van der Waals surface area contributed by atoms with Crippen LogP contribution in [0.15, 0.2) is 106 Å². The van der Waals surface area contributed by atoms with Gasteiger partial charge in [-0.2, -0.15) is 5.10 Å². The number of aryl methyl sites for hydroxylation is 2. The zero-order valence-electron chi connectivity index (χ0n) is 22.2. The Balaban J connectivity index is 1.22. The molecular weight excluding hydrogens is 518 g/mol. The summed E-state index contributed by atoms with van der Waals surface area (Å²) in [4.78, 5) is 30.9. The van der Waals surface area contributed by atoms with Gasteiger partial charge in [-0.25, -0.2) is 10.4 Å². The largest absolute Gasteiger partial charge is 0.341 e. The van der Waals surface area contributed by atoms with E-state index in [1.54, 1.807) is 16.8 Å². The Bertz CT molecular complexity index is 1990. The predicted octanol–water partition coefficient (Wildman–Crippen LogP) is 6.06. The van der Waals surface area contributed by atoms with Gasteiger partial charge in [0.2, 0.25) is 0 Å². The van der Waals surface area contributed by atoms with Crippen LogP contribution >= 0.6 is 11.8 Å². The minimum Gasteiger partial charge on any atom is -0.341 e. The average Bonchev–Trinajstić information content (AvgIpc) is 3.30. The molecule has 6 rings (SSSR count). The van der Waals surface area contributed by atoms with E-state index in [0.717, 1.165) is 28.7 Å². The molecule has 0 bridgehead atoms. The van der Waals surface area contributed by atoms with E-state index in [9.17, 15) is 9.59 Å². The lowest BCUT2D eigenvalue weighted by Crippen LogP contribution is -2.24. The van der Waals surface area contributed by atoms with Crippen molar-refractivity contribution in [2.45, 2.75) is 25.5 Å². The van der Waals surface area contributed by atoms with Crippen LogP contribution in [0, 0.1) is 6.92 Å². The fourth-order valence-electron chi connectivity index (χ4n) is 5.07. The maximum atomic E-state index is 13.5. The van der Waals surface area contributed by atoms with E-state index in [2.05, 4.69) is 52.3 Å². The molecule has 7 nitrogen and oxygen atoms in total. The van der Waals surface area contributed by atoms with Crippen LogP contribution in [0.3, 0.4) is 0 Å². The van der Waals surface area contributed by atoms with Gasteiger partial charge in [0.1, 0.15) is 0 Å². The Morgan fingerprint density at radius 2 is 1.65 bits per heavy atom. The number of carbonyl (C=O) groups excluding carboxylic acids is 1. The Labute approximate surface area is 235 Å². The molecule has 4 aromatic carbocycles. The van der Waals surface area contributed by atoms with Crippen LogP contribution in [0.25, 0.3) is 38.4 Å². The number of nitrogens with one attached hydrogen (secondary N) is 1. The third-order valence-electron chi connectivity index (χ3n) is 6.95. The fraction of sp³-hybridized carbons (Fsp3) is 0.125. The molecule has 0 saturated heterocycles. The second-order valence-electron chi connectivity index (χ2n) is 9.46. The molecule has 0 fully saturated rings. The number of rotatable bonds is 7. The SMILES string of the molecule is CCn1c2ccccc2c2cc(C=NNC(=O)CSc3nc4ccccc4c(=O)n3-c3ccccc3C)ccc21. The van der Waals surface area contributed by atoms with Crippen molar-refractivity contribution in [2.24, 2.45) is 5.10 Å². The number of hydrazone groups is 1. The molecule has 8 heteroatoms. The van der Waals surface area contributed by atoms with Gasteiger partial charge >= 0.3 is 0 Å². The van der Waals surface area contributed by atoms with Crippen LogP contribution in [0.1, 0.15) is 18.1 Å². The first-order valence-electron chi connectivity index (χ1n) is 13.1. The van der Waals surface area contributed by atoms with Crippen molar-refractivity contribution in [2.75, 3.05) is 5.75 Å². The summed E-state index contributed by atoms with van der Waals surface area (Å²) in [6.07, 6.45) is 1.65. The van der Waals surface area contributed by atoms with Gasteiger partial charge in [-0.15, -0.1) is 0 Å². The molecule has 0 atom stereocenters. The van der Waals surface area contributed by atoms with Crippen molar-refractivity contribution in [3.8, 4) is 5.69 Å². The summed E-state index contributed by atoms with van der Waals surface area (Å²) in [5.41, 5.74) is 7.99. The number of para-hydroxylation sites is 3. The van der Waals surface area contributed by atoms with Crippen LogP contribution in [0.4, 0.5) is 0 Å². The van der Waals surface area contributed by atoms with E-state index in [0.29, 0.717) is 16.1 Å². The minimum absolute atomic E-state index is 0.0526. The highest BCUT2D eigenvalue weighted by Gasteiger charge is 2.16. The van der Waals surface area contributed by atoms with Crippen LogP contribution in [-0.2, 0) is 11.3 Å². The predicted molar refractivity (Wildman–Crippen MR) is 164 cm³/mol. The van der Waals surface area contributed by atoms with E-state index in [1.807, 2.05) is 61.5 Å². The highest BCUT2D eigenvalue weighted by Crippen LogP contribution is 2.29. The molecule has 0 saturated carbocycles. The van der Waals surface area contributed by atoms with Crippen LogP contribution in [0.5, 0.6) is 0 Å². The molecule has 0 aliphatic rings. The average molecular weight is 546 g/mol. The maximum Gasteiger partial charge on any atom is 0.266 e. The number of nitrogens with zero attached hydrogens (tertiary/aromatic N) is 4. The minimum atomic E-state index is -0.288. The maximum absolute atomic E-state index is 13.5. The third-order valence-corrected chi connectivity index (χ3v) is 7.89. The molecule has 6 aromatic rings. The summed E-state index contributed by atoms with van der Waals surface area (Å²) in [6.45, 7) is 4.97. The third kappa shape index (κ3) is 4.67. The van der Waals surface area contributed by atoms with Gasteiger partial charge in [-0.1, -0.05) is 66.4 Å². The van der Waals surface area contributed by atoms with Crippen molar-refractivity contribution in [1.29, 1.82) is 0 Å². The molecule has 1 amide bonds. The molecule has 198 valence electrons. The van der Waals surface area contributed by atoms with Crippen LogP contribution in [-0.4, -0.2) is 32.0 Å². The summed E-state index contributed by atoms with van der Waals surface area (Å²) in [5, 5.41) is 7.53. The first-order chi connectivity index (χ1) is 19.5. The molecule has 2 aromatic heterocycles.